The van der Waals surface area contributed by atoms with Gasteiger partial charge in [-0.05, 0) is 5.92 Å². The van der Waals surface area contributed by atoms with E-state index in [4.69, 9.17) is 5.26 Å². The molecule has 1 N–H and O–H groups in total. The molecule has 2 amide bonds. The van der Waals surface area contributed by atoms with E-state index < -0.39 is 0 Å². The number of hydrogen-bond donors (Lipinski definition) is 1. The minimum absolute atomic E-state index is 0.0201. The van der Waals surface area contributed by atoms with E-state index in [9.17, 15) is 9.59 Å². The van der Waals surface area contributed by atoms with Crippen LogP contribution < -0.4 is 5.32 Å². The predicted octanol–water partition coefficient (Wildman–Crippen LogP) is 0.330. The minimum Gasteiger partial charge on any atom is -0.389 e. The van der Waals surface area contributed by atoms with Crippen molar-refractivity contribution in [2.75, 3.05) is 32.7 Å². The number of nitriles is 1. The quantitative estimate of drug-likeness (QED) is 0.594. The molecule has 0 aliphatic carbocycles. The molecule has 0 atom stereocenters. The van der Waals surface area contributed by atoms with Crippen LogP contribution in [0.4, 0.5) is 0 Å². The molecule has 1 aliphatic heterocycles. The summed E-state index contributed by atoms with van der Waals surface area (Å²) >= 11 is 0. The normalized spacial score (nSPS) is 16.1. The maximum absolute atomic E-state index is 12.2. The van der Waals surface area contributed by atoms with Crippen molar-refractivity contribution in [2.45, 2.75) is 20.8 Å². The average Bonchev–Trinajstić information content (AvgIpc) is 2.42. The summed E-state index contributed by atoms with van der Waals surface area (Å²) in [6.07, 6.45) is 1.49. The van der Waals surface area contributed by atoms with E-state index in [2.05, 4.69) is 19.2 Å². The highest BCUT2D eigenvalue weighted by Crippen LogP contribution is 2.07. The largest absolute Gasteiger partial charge is 0.389 e. The summed E-state index contributed by atoms with van der Waals surface area (Å²) in [5, 5.41) is 12.0. The average molecular weight is 278 g/mol. The summed E-state index contributed by atoms with van der Waals surface area (Å²) in [5.74, 6) is 0.194. The van der Waals surface area contributed by atoms with Gasteiger partial charge in [-0.1, -0.05) is 13.8 Å². The van der Waals surface area contributed by atoms with Gasteiger partial charge in [-0.15, -0.1) is 0 Å². The molecule has 0 unspecified atom stereocenters. The molecule has 0 bridgehead atoms. The third-order valence-electron chi connectivity index (χ3n) is 3.14. The fourth-order valence-electron chi connectivity index (χ4n) is 1.93. The molecule has 0 aromatic heterocycles. The summed E-state index contributed by atoms with van der Waals surface area (Å²) in [4.78, 5) is 26.7. The first-order valence-electron chi connectivity index (χ1n) is 6.84. The topological polar surface area (TPSA) is 76.4 Å². The molecule has 0 radical (unpaired) electrons. The maximum Gasteiger partial charge on any atom is 0.266 e. The number of nitrogens with one attached hydrogen (secondary N) is 1. The third-order valence-corrected chi connectivity index (χ3v) is 3.14. The van der Waals surface area contributed by atoms with Gasteiger partial charge < -0.3 is 15.1 Å². The van der Waals surface area contributed by atoms with Gasteiger partial charge in [0.25, 0.3) is 5.91 Å². The molecule has 1 heterocycles. The van der Waals surface area contributed by atoms with Gasteiger partial charge >= 0.3 is 0 Å². The van der Waals surface area contributed by atoms with Gasteiger partial charge in [-0.25, -0.2) is 0 Å². The Morgan fingerprint density at radius 3 is 2.25 bits per heavy atom. The number of rotatable bonds is 4. The predicted molar refractivity (Wildman–Crippen MR) is 75.4 cm³/mol. The van der Waals surface area contributed by atoms with Gasteiger partial charge in [0.05, 0.1) is 0 Å². The highest BCUT2D eigenvalue weighted by Gasteiger charge is 2.24. The lowest BCUT2D eigenvalue weighted by atomic mass is 10.2. The van der Waals surface area contributed by atoms with Crippen molar-refractivity contribution in [2.24, 2.45) is 5.92 Å². The zero-order chi connectivity index (χ0) is 15.1. The Labute approximate surface area is 120 Å². The van der Waals surface area contributed by atoms with Crippen LogP contribution in [-0.4, -0.2) is 54.3 Å². The van der Waals surface area contributed by atoms with Crippen LogP contribution in [-0.2, 0) is 9.59 Å². The van der Waals surface area contributed by atoms with E-state index in [1.807, 2.05) is 6.07 Å². The molecule has 0 aromatic rings. The van der Waals surface area contributed by atoms with E-state index in [1.165, 1.54) is 13.1 Å². The number of carbonyl (C=O) groups is 2. The number of amides is 2. The number of carbonyl (C=O) groups excluding carboxylic acids is 2. The van der Waals surface area contributed by atoms with E-state index in [1.54, 1.807) is 9.80 Å². The highest BCUT2D eigenvalue weighted by atomic mass is 16.2. The maximum atomic E-state index is 12.2. The first-order chi connectivity index (χ1) is 9.45. The lowest BCUT2D eigenvalue weighted by Crippen LogP contribution is -2.50. The van der Waals surface area contributed by atoms with Crippen LogP contribution in [0.25, 0.3) is 0 Å². The number of piperazine rings is 1. The van der Waals surface area contributed by atoms with Crippen LogP contribution in [0.1, 0.15) is 20.8 Å². The van der Waals surface area contributed by atoms with Crippen molar-refractivity contribution in [1.29, 1.82) is 5.26 Å². The van der Waals surface area contributed by atoms with Crippen molar-refractivity contribution < 1.29 is 9.59 Å². The van der Waals surface area contributed by atoms with Gasteiger partial charge in [0.15, 0.2) is 0 Å². The summed E-state index contributed by atoms with van der Waals surface area (Å²) < 4.78 is 0. The second-order valence-electron chi connectivity index (χ2n) is 5.27. The van der Waals surface area contributed by atoms with Crippen molar-refractivity contribution in [3.05, 3.63) is 11.8 Å². The van der Waals surface area contributed by atoms with Crippen LogP contribution in [0.3, 0.4) is 0 Å². The van der Waals surface area contributed by atoms with Crippen molar-refractivity contribution in [3.8, 4) is 6.07 Å². The molecule has 1 rings (SSSR count). The molecule has 110 valence electrons. The van der Waals surface area contributed by atoms with Crippen molar-refractivity contribution in [1.82, 2.24) is 15.1 Å². The second-order valence-corrected chi connectivity index (χ2v) is 5.27. The van der Waals surface area contributed by atoms with Crippen LogP contribution in [0.15, 0.2) is 11.8 Å². The van der Waals surface area contributed by atoms with Crippen LogP contribution in [0.5, 0.6) is 0 Å². The fourth-order valence-corrected chi connectivity index (χ4v) is 1.93. The van der Waals surface area contributed by atoms with E-state index in [0.717, 1.165) is 6.54 Å². The van der Waals surface area contributed by atoms with Crippen LogP contribution in [0, 0.1) is 17.2 Å². The lowest BCUT2D eigenvalue weighted by molar-refractivity contribution is -0.136. The molecule has 1 saturated heterocycles. The minimum atomic E-state index is -0.271. The Kier molecular flexibility index (Phi) is 6.04. The number of hydrogen-bond acceptors (Lipinski definition) is 4. The van der Waals surface area contributed by atoms with Crippen LogP contribution in [0.2, 0.25) is 0 Å². The molecule has 0 spiro atoms. The van der Waals surface area contributed by atoms with Crippen molar-refractivity contribution in [3.63, 3.8) is 0 Å². The summed E-state index contributed by atoms with van der Waals surface area (Å²) in [6, 6.07) is 1.93. The molecule has 1 fully saturated rings. The fraction of sp³-hybridized carbons (Fsp3) is 0.643. The number of nitrogens with zero attached hydrogens (tertiary/aromatic N) is 3. The molecular weight excluding hydrogens is 256 g/mol. The first kappa shape index (κ1) is 16.0. The summed E-state index contributed by atoms with van der Waals surface area (Å²) in [7, 11) is 0. The highest BCUT2D eigenvalue weighted by molar-refractivity contribution is 5.97. The van der Waals surface area contributed by atoms with E-state index >= 15 is 0 Å². The van der Waals surface area contributed by atoms with Crippen LogP contribution >= 0.6 is 0 Å². The summed E-state index contributed by atoms with van der Waals surface area (Å²) in [5.41, 5.74) is 0.113. The molecule has 6 heteroatoms. The Hall–Kier alpha value is -2.03. The molecule has 20 heavy (non-hydrogen) atoms. The molecule has 1 aliphatic rings. The zero-order valence-electron chi connectivity index (χ0n) is 12.3. The van der Waals surface area contributed by atoms with Gasteiger partial charge in [-0.3, -0.25) is 9.59 Å². The standard InChI is InChI=1S/C14H22N4O2/c1-11(2)9-16-10-13(8-15)14(20)18-6-4-17(5-7-18)12(3)19/h10-11,16H,4-7,9H2,1-3H3/b13-10-. The van der Waals surface area contributed by atoms with Gasteiger partial charge in [0, 0.05) is 45.8 Å². The Bertz CT molecular complexity index is 429. The summed E-state index contributed by atoms with van der Waals surface area (Å²) in [6.45, 7) is 8.34. The smallest absolute Gasteiger partial charge is 0.266 e. The molecule has 6 nitrogen and oxygen atoms in total. The van der Waals surface area contributed by atoms with E-state index in [-0.39, 0.29) is 17.4 Å². The SMILES string of the molecule is CC(=O)N1CCN(C(=O)/C(C#N)=C\NCC(C)C)CC1. The van der Waals surface area contributed by atoms with E-state index in [0.29, 0.717) is 32.1 Å². The molecular formula is C14H22N4O2. The Balaban J connectivity index is 2.56. The van der Waals surface area contributed by atoms with Gasteiger partial charge in [0.1, 0.15) is 11.6 Å². The monoisotopic (exact) mass is 278 g/mol. The molecule has 0 aromatic carbocycles. The first-order valence-corrected chi connectivity index (χ1v) is 6.84. The Morgan fingerprint density at radius 1 is 1.25 bits per heavy atom. The third kappa shape index (κ3) is 4.57. The Morgan fingerprint density at radius 2 is 1.80 bits per heavy atom. The van der Waals surface area contributed by atoms with Crippen molar-refractivity contribution >= 4 is 11.8 Å². The lowest BCUT2D eigenvalue weighted by Gasteiger charge is -2.34. The zero-order valence-corrected chi connectivity index (χ0v) is 12.3. The van der Waals surface area contributed by atoms with Gasteiger partial charge in [0.2, 0.25) is 5.91 Å². The van der Waals surface area contributed by atoms with Gasteiger partial charge in [-0.2, -0.15) is 5.26 Å². The molecule has 0 saturated carbocycles. The second kappa shape index (κ2) is 7.53.